The zero-order valence-corrected chi connectivity index (χ0v) is 11.2. The molecule has 2 atom stereocenters. The Morgan fingerprint density at radius 1 is 1.65 bits per heavy atom. The Hall–Kier alpha value is -2.48. The van der Waals surface area contributed by atoms with Gasteiger partial charge in [0.15, 0.2) is 5.82 Å². The van der Waals surface area contributed by atoms with Crippen LogP contribution < -0.4 is 5.73 Å². The number of tetrazole rings is 1. The van der Waals surface area contributed by atoms with E-state index in [0.29, 0.717) is 18.1 Å². The van der Waals surface area contributed by atoms with Crippen molar-refractivity contribution in [3.63, 3.8) is 0 Å². The van der Waals surface area contributed by atoms with Gasteiger partial charge < -0.3 is 15.7 Å². The molecule has 0 aliphatic carbocycles. The minimum Gasteiger partial charge on any atom is -0.480 e. The van der Waals surface area contributed by atoms with Gasteiger partial charge in [0.05, 0.1) is 6.54 Å². The highest BCUT2D eigenvalue weighted by Crippen LogP contribution is 2.11. The van der Waals surface area contributed by atoms with E-state index >= 15 is 0 Å². The first-order chi connectivity index (χ1) is 9.45. The van der Waals surface area contributed by atoms with Gasteiger partial charge in [-0.05, 0) is 12.3 Å². The molecule has 1 aromatic heterocycles. The lowest BCUT2D eigenvalue weighted by molar-refractivity contribution is -0.139. The van der Waals surface area contributed by atoms with Crippen LogP contribution in [-0.4, -0.2) is 42.6 Å². The number of allylic oxidation sites excluding steroid dienone is 1. The number of H-pyrrole nitrogens is 1. The number of nitrogens with two attached hydrogens (primary N) is 1. The fourth-order valence-electron chi connectivity index (χ4n) is 1.39. The molecule has 108 valence electrons. The van der Waals surface area contributed by atoms with Crippen LogP contribution in [0.5, 0.6) is 0 Å². The molecule has 0 bridgehead atoms. The maximum Gasteiger partial charge on any atom is 0.321 e. The summed E-state index contributed by atoms with van der Waals surface area (Å²) in [6.07, 6.45) is 4.95. The van der Waals surface area contributed by atoms with Gasteiger partial charge in [-0.25, -0.2) is 0 Å². The van der Waals surface area contributed by atoms with Crippen LogP contribution in [0.1, 0.15) is 12.7 Å². The van der Waals surface area contributed by atoms with E-state index in [2.05, 4.69) is 33.8 Å². The van der Waals surface area contributed by atoms with Crippen molar-refractivity contribution < 1.29 is 9.90 Å². The van der Waals surface area contributed by atoms with E-state index in [1.807, 2.05) is 0 Å². The molecule has 0 spiro atoms. The van der Waals surface area contributed by atoms with Gasteiger partial charge in [-0.1, -0.05) is 31.4 Å². The van der Waals surface area contributed by atoms with Gasteiger partial charge in [0.1, 0.15) is 6.04 Å². The summed E-state index contributed by atoms with van der Waals surface area (Å²) in [4.78, 5) is 12.5. The van der Waals surface area contributed by atoms with Gasteiger partial charge in [0.25, 0.3) is 0 Å². The van der Waals surface area contributed by atoms with Crippen molar-refractivity contribution in [1.82, 2.24) is 25.5 Å². The molecule has 8 nitrogen and oxygen atoms in total. The maximum absolute atomic E-state index is 10.8. The van der Waals surface area contributed by atoms with E-state index in [9.17, 15) is 4.79 Å². The van der Waals surface area contributed by atoms with Crippen molar-refractivity contribution in [2.75, 3.05) is 0 Å². The quantitative estimate of drug-likeness (QED) is 0.583. The molecular formula is C12H18N6O2. The SMILES string of the molecule is C=CN(Cc1nn[nH]n1)C(=C)C=CC(C)[C@H](N)C(=O)O. The van der Waals surface area contributed by atoms with Gasteiger partial charge in [-0.3, -0.25) is 4.79 Å². The normalized spacial score (nSPS) is 13.9. The maximum atomic E-state index is 10.8. The summed E-state index contributed by atoms with van der Waals surface area (Å²) < 4.78 is 0. The summed E-state index contributed by atoms with van der Waals surface area (Å²) in [7, 11) is 0. The van der Waals surface area contributed by atoms with E-state index in [0.717, 1.165) is 0 Å². The lowest BCUT2D eigenvalue weighted by atomic mass is 10.0. The summed E-state index contributed by atoms with van der Waals surface area (Å²) in [5, 5.41) is 22.3. The average molecular weight is 278 g/mol. The second-order valence-corrected chi connectivity index (χ2v) is 4.21. The van der Waals surface area contributed by atoms with Crippen LogP contribution in [0.25, 0.3) is 0 Å². The summed E-state index contributed by atoms with van der Waals surface area (Å²) in [5.74, 6) is -0.865. The molecule has 1 rings (SSSR count). The predicted molar refractivity (Wildman–Crippen MR) is 73.0 cm³/mol. The molecule has 0 radical (unpaired) electrons. The van der Waals surface area contributed by atoms with Crippen LogP contribution in [0.15, 0.2) is 37.2 Å². The van der Waals surface area contributed by atoms with E-state index in [4.69, 9.17) is 10.8 Å². The Kier molecular flexibility index (Phi) is 5.60. The van der Waals surface area contributed by atoms with Crippen molar-refractivity contribution in [3.05, 3.63) is 43.0 Å². The van der Waals surface area contributed by atoms with Crippen LogP contribution >= 0.6 is 0 Å². The number of hydrogen-bond acceptors (Lipinski definition) is 6. The second-order valence-electron chi connectivity index (χ2n) is 4.21. The Balaban J connectivity index is 2.63. The van der Waals surface area contributed by atoms with Crippen LogP contribution in [0.4, 0.5) is 0 Å². The molecule has 20 heavy (non-hydrogen) atoms. The van der Waals surface area contributed by atoms with Crippen LogP contribution in [0.3, 0.4) is 0 Å². The molecule has 1 aromatic rings. The zero-order chi connectivity index (χ0) is 15.1. The summed E-state index contributed by atoms with van der Waals surface area (Å²) in [5.41, 5.74) is 6.14. The van der Waals surface area contributed by atoms with E-state index in [-0.39, 0.29) is 5.92 Å². The molecule has 0 aliphatic rings. The fourth-order valence-corrected chi connectivity index (χ4v) is 1.39. The number of aliphatic carboxylic acids is 1. The summed E-state index contributed by atoms with van der Waals surface area (Å²) in [6.45, 7) is 9.64. The van der Waals surface area contributed by atoms with Gasteiger partial charge in [0.2, 0.25) is 0 Å². The average Bonchev–Trinajstić information content (AvgIpc) is 2.93. The number of carboxylic acids is 1. The number of carboxylic acid groups (broad SMARTS) is 1. The van der Waals surface area contributed by atoms with E-state index < -0.39 is 12.0 Å². The molecular weight excluding hydrogens is 260 g/mol. The minimum atomic E-state index is -1.04. The molecule has 0 saturated carbocycles. The smallest absolute Gasteiger partial charge is 0.321 e. The number of nitrogens with zero attached hydrogens (tertiary/aromatic N) is 4. The summed E-state index contributed by atoms with van der Waals surface area (Å²) >= 11 is 0. The lowest BCUT2D eigenvalue weighted by Crippen LogP contribution is -2.35. The Morgan fingerprint density at radius 3 is 2.85 bits per heavy atom. The molecule has 0 aromatic carbocycles. The standard InChI is InChI=1S/C12H18N6O2/c1-4-18(7-10-14-16-17-15-10)9(3)6-5-8(2)11(13)12(19)20/h4-6,8,11H,1,3,7,13H2,2H3,(H,19,20)(H,14,15,16,17)/t8?,11-/m0/s1. The predicted octanol–water partition coefficient (Wildman–Crippen LogP) is 0.263. The van der Waals surface area contributed by atoms with Gasteiger partial charge in [0, 0.05) is 11.6 Å². The van der Waals surface area contributed by atoms with E-state index in [1.165, 1.54) is 0 Å². The van der Waals surface area contributed by atoms with Gasteiger partial charge >= 0.3 is 5.97 Å². The molecule has 0 amide bonds. The van der Waals surface area contributed by atoms with Crippen LogP contribution in [0, 0.1) is 5.92 Å². The molecule has 0 fully saturated rings. The molecule has 0 saturated heterocycles. The van der Waals surface area contributed by atoms with Gasteiger partial charge in [-0.2, -0.15) is 5.21 Å². The number of hydrogen-bond donors (Lipinski definition) is 3. The first-order valence-corrected chi connectivity index (χ1v) is 5.92. The largest absolute Gasteiger partial charge is 0.480 e. The van der Waals surface area contributed by atoms with Crippen molar-refractivity contribution in [3.8, 4) is 0 Å². The Morgan fingerprint density at radius 2 is 2.35 bits per heavy atom. The minimum absolute atomic E-state index is 0.318. The second kappa shape index (κ2) is 7.19. The Bertz CT molecular complexity index is 496. The van der Waals surface area contributed by atoms with Crippen molar-refractivity contribution in [2.24, 2.45) is 11.7 Å². The Labute approximate surface area is 116 Å². The highest BCUT2D eigenvalue weighted by Gasteiger charge is 2.17. The summed E-state index contributed by atoms with van der Waals surface area (Å²) in [6, 6.07) is -0.951. The molecule has 1 unspecified atom stereocenters. The van der Waals surface area contributed by atoms with E-state index in [1.54, 1.807) is 30.2 Å². The fraction of sp³-hybridized carbons (Fsp3) is 0.333. The highest BCUT2D eigenvalue weighted by atomic mass is 16.4. The molecule has 8 heteroatoms. The monoisotopic (exact) mass is 278 g/mol. The third kappa shape index (κ3) is 4.32. The van der Waals surface area contributed by atoms with Crippen LogP contribution in [0.2, 0.25) is 0 Å². The van der Waals surface area contributed by atoms with Crippen molar-refractivity contribution in [1.29, 1.82) is 0 Å². The van der Waals surface area contributed by atoms with Crippen molar-refractivity contribution >= 4 is 5.97 Å². The van der Waals surface area contributed by atoms with Crippen molar-refractivity contribution in [2.45, 2.75) is 19.5 Å². The lowest BCUT2D eigenvalue weighted by Gasteiger charge is -2.19. The number of nitrogens with one attached hydrogen (secondary N) is 1. The first kappa shape index (κ1) is 15.6. The molecule has 4 N–H and O–H groups in total. The molecule has 0 aliphatic heterocycles. The number of aromatic nitrogens is 4. The topological polar surface area (TPSA) is 121 Å². The van der Waals surface area contributed by atoms with Gasteiger partial charge in [-0.15, -0.1) is 10.2 Å². The number of carbonyl (C=O) groups is 1. The first-order valence-electron chi connectivity index (χ1n) is 5.92. The van der Waals surface area contributed by atoms with Crippen LogP contribution in [-0.2, 0) is 11.3 Å². The highest BCUT2D eigenvalue weighted by molar-refractivity contribution is 5.73. The molecule has 1 heterocycles. The third-order valence-corrected chi connectivity index (χ3v) is 2.73. The zero-order valence-electron chi connectivity index (χ0n) is 11.2. The third-order valence-electron chi connectivity index (χ3n) is 2.73. The number of rotatable bonds is 8. The number of aromatic amines is 1.